The van der Waals surface area contributed by atoms with E-state index in [1.165, 1.54) is 40.7 Å². The fourth-order valence-corrected chi connectivity index (χ4v) is 5.86. The molecule has 0 unspecified atom stereocenters. The van der Waals surface area contributed by atoms with Crippen molar-refractivity contribution in [2.45, 2.75) is 23.6 Å². The summed E-state index contributed by atoms with van der Waals surface area (Å²) in [6, 6.07) is 9.85. The lowest BCUT2D eigenvalue weighted by Gasteiger charge is -2.27. The largest absolute Gasteiger partial charge is 0.492 e. The van der Waals surface area contributed by atoms with E-state index in [2.05, 4.69) is 10.0 Å². The summed E-state index contributed by atoms with van der Waals surface area (Å²) in [5.74, 6) is -0.318. The molecule has 2 aromatic carbocycles. The predicted molar refractivity (Wildman–Crippen MR) is 122 cm³/mol. The van der Waals surface area contributed by atoms with Crippen molar-refractivity contribution in [3.05, 3.63) is 48.0 Å². The van der Waals surface area contributed by atoms with E-state index in [9.17, 15) is 21.6 Å². The number of carbonyl (C=O) groups is 1. The third-order valence-electron chi connectivity index (χ3n) is 4.85. The summed E-state index contributed by atoms with van der Waals surface area (Å²) >= 11 is 0. The summed E-state index contributed by atoms with van der Waals surface area (Å²) in [5.41, 5.74) is 0.483. The Bertz CT molecular complexity index is 1190. The van der Waals surface area contributed by atoms with Crippen LogP contribution in [0.1, 0.15) is 24.2 Å². The number of ether oxygens (including phenoxy) is 2. The zero-order chi connectivity index (χ0) is 24.1. The summed E-state index contributed by atoms with van der Waals surface area (Å²) in [5, 5.41) is 2.66. The summed E-state index contributed by atoms with van der Waals surface area (Å²) in [7, 11) is -7.49. The Morgan fingerprint density at radius 3 is 2.30 bits per heavy atom. The number of rotatable bonds is 9. The molecule has 1 amide bonds. The molecule has 0 bridgehead atoms. The molecule has 12 heteroatoms. The molecule has 0 atom stereocenters. The van der Waals surface area contributed by atoms with E-state index in [0.29, 0.717) is 13.2 Å². The SMILES string of the molecule is CCNS(=O)(=O)c1ccc(C(=O)Nc2ccc(OCC)c(S(=O)(=O)N3CCOCC3)c2)cc1. The van der Waals surface area contributed by atoms with Crippen molar-refractivity contribution in [3.8, 4) is 5.75 Å². The van der Waals surface area contributed by atoms with Crippen LogP contribution in [0.25, 0.3) is 0 Å². The first kappa shape index (κ1) is 25.1. The topological polar surface area (TPSA) is 131 Å². The van der Waals surface area contributed by atoms with Crippen LogP contribution >= 0.6 is 0 Å². The quantitative estimate of drug-likeness (QED) is 0.539. The third kappa shape index (κ3) is 5.89. The van der Waals surface area contributed by atoms with E-state index in [4.69, 9.17) is 9.47 Å². The van der Waals surface area contributed by atoms with Gasteiger partial charge in [-0.05, 0) is 49.4 Å². The minimum Gasteiger partial charge on any atom is -0.492 e. The highest BCUT2D eigenvalue weighted by Gasteiger charge is 2.30. The number of sulfonamides is 2. The predicted octanol–water partition coefficient (Wildman–Crippen LogP) is 1.66. The lowest BCUT2D eigenvalue weighted by Crippen LogP contribution is -2.40. The molecule has 10 nitrogen and oxygen atoms in total. The molecule has 0 aliphatic carbocycles. The van der Waals surface area contributed by atoms with Crippen LogP contribution < -0.4 is 14.8 Å². The van der Waals surface area contributed by atoms with Gasteiger partial charge in [-0.15, -0.1) is 0 Å². The number of amides is 1. The van der Waals surface area contributed by atoms with Gasteiger partial charge in [0.1, 0.15) is 10.6 Å². The number of nitrogens with one attached hydrogen (secondary N) is 2. The van der Waals surface area contributed by atoms with Crippen molar-refractivity contribution >= 4 is 31.6 Å². The third-order valence-corrected chi connectivity index (χ3v) is 8.33. The van der Waals surface area contributed by atoms with Crippen molar-refractivity contribution in [2.24, 2.45) is 0 Å². The number of hydrogen-bond acceptors (Lipinski definition) is 7. The Hall–Kier alpha value is -2.51. The van der Waals surface area contributed by atoms with Crippen LogP contribution in [0.5, 0.6) is 5.75 Å². The lowest BCUT2D eigenvalue weighted by molar-refractivity contribution is 0.0729. The van der Waals surface area contributed by atoms with E-state index < -0.39 is 26.0 Å². The molecule has 1 heterocycles. The van der Waals surface area contributed by atoms with Crippen LogP contribution in [0.4, 0.5) is 5.69 Å². The van der Waals surface area contributed by atoms with Crippen molar-refractivity contribution in [2.75, 3.05) is 44.8 Å². The van der Waals surface area contributed by atoms with Gasteiger partial charge in [-0.25, -0.2) is 21.6 Å². The minimum absolute atomic E-state index is 0.0425. The molecule has 3 rings (SSSR count). The maximum atomic E-state index is 13.2. The van der Waals surface area contributed by atoms with Gasteiger partial charge >= 0.3 is 0 Å². The van der Waals surface area contributed by atoms with Crippen LogP contribution in [-0.2, 0) is 24.8 Å². The normalized spacial score (nSPS) is 15.2. The maximum Gasteiger partial charge on any atom is 0.255 e. The van der Waals surface area contributed by atoms with Gasteiger partial charge in [-0.1, -0.05) is 6.92 Å². The second-order valence-corrected chi connectivity index (χ2v) is 10.8. The molecule has 33 heavy (non-hydrogen) atoms. The van der Waals surface area contributed by atoms with E-state index in [0.717, 1.165) is 0 Å². The average Bonchev–Trinajstić information content (AvgIpc) is 2.81. The molecule has 0 aromatic heterocycles. The molecule has 0 spiro atoms. The molecular formula is C21H27N3O7S2. The highest BCUT2D eigenvalue weighted by Crippen LogP contribution is 2.30. The van der Waals surface area contributed by atoms with Crippen molar-refractivity contribution < 1.29 is 31.1 Å². The molecule has 180 valence electrons. The van der Waals surface area contributed by atoms with Gasteiger partial charge in [-0.2, -0.15) is 4.31 Å². The van der Waals surface area contributed by atoms with Crippen molar-refractivity contribution in [1.29, 1.82) is 0 Å². The zero-order valence-electron chi connectivity index (χ0n) is 18.4. The number of morpholine rings is 1. The second kappa shape index (κ2) is 10.6. The Kier molecular flexibility index (Phi) is 8.08. The van der Waals surface area contributed by atoms with Gasteiger partial charge in [0.25, 0.3) is 5.91 Å². The van der Waals surface area contributed by atoms with Crippen LogP contribution in [0.3, 0.4) is 0 Å². The van der Waals surface area contributed by atoms with Crippen LogP contribution in [0, 0.1) is 0 Å². The Balaban J connectivity index is 1.85. The standard InChI is InChI=1S/C21H27N3O7S2/c1-3-22-32(26,27)18-8-5-16(6-9-18)21(25)23-17-7-10-19(31-4-2)20(15-17)33(28,29)24-11-13-30-14-12-24/h5-10,15,22H,3-4,11-14H2,1-2H3,(H,23,25). The monoisotopic (exact) mass is 497 g/mol. The Labute approximate surface area is 194 Å². The highest BCUT2D eigenvalue weighted by atomic mass is 32.2. The fourth-order valence-electron chi connectivity index (χ4n) is 3.25. The Morgan fingerprint density at radius 1 is 1.03 bits per heavy atom. The van der Waals surface area contributed by atoms with Gasteiger partial charge < -0.3 is 14.8 Å². The summed E-state index contributed by atoms with van der Waals surface area (Å²) in [4.78, 5) is 12.7. The number of anilines is 1. The second-order valence-electron chi connectivity index (χ2n) is 7.09. The molecule has 1 aliphatic heterocycles. The summed E-state index contributed by atoms with van der Waals surface area (Å²) in [6.45, 7) is 5.01. The van der Waals surface area contributed by atoms with Gasteiger partial charge in [0, 0.05) is 30.9 Å². The van der Waals surface area contributed by atoms with Crippen LogP contribution in [-0.4, -0.2) is 66.5 Å². The molecule has 1 saturated heterocycles. The molecule has 1 aliphatic rings. The number of carbonyl (C=O) groups excluding carboxylic acids is 1. The van der Waals surface area contributed by atoms with Crippen molar-refractivity contribution in [1.82, 2.24) is 9.03 Å². The molecule has 0 radical (unpaired) electrons. The maximum absolute atomic E-state index is 13.2. The zero-order valence-corrected chi connectivity index (χ0v) is 20.0. The van der Waals surface area contributed by atoms with Crippen molar-refractivity contribution in [3.63, 3.8) is 0 Å². The van der Waals surface area contributed by atoms with E-state index in [1.54, 1.807) is 19.9 Å². The number of hydrogen-bond donors (Lipinski definition) is 2. The van der Waals surface area contributed by atoms with E-state index >= 15 is 0 Å². The fraction of sp³-hybridized carbons (Fsp3) is 0.381. The summed E-state index contributed by atoms with van der Waals surface area (Å²) in [6.07, 6.45) is 0. The lowest BCUT2D eigenvalue weighted by atomic mass is 10.2. The summed E-state index contributed by atoms with van der Waals surface area (Å²) < 4.78 is 65.0. The smallest absolute Gasteiger partial charge is 0.255 e. The van der Waals surface area contributed by atoms with E-state index in [-0.39, 0.29) is 53.0 Å². The average molecular weight is 498 g/mol. The highest BCUT2D eigenvalue weighted by molar-refractivity contribution is 7.89. The number of benzene rings is 2. The van der Waals surface area contributed by atoms with Crippen LogP contribution in [0.2, 0.25) is 0 Å². The van der Waals surface area contributed by atoms with Gasteiger partial charge in [-0.3, -0.25) is 4.79 Å². The molecular weight excluding hydrogens is 470 g/mol. The Morgan fingerprint density at radius 2 is 1.70 bits per heavy atom. The van der Waals surface area contributed by atoms with Gasteiger partial charge in [0.2, 0.25) is 20.0 Å². The molecule has 1 fully saturated rings. The van der Waals surface area contributed by atoms with Gasteiger partial charge in [0.15, 0.2) is 0 Å². The van der Waals surface area contributed by atoms with Crippen LogP contribution in [0.15, 0.2) is 52.3 Å². The van der Waals surface area contributed by atoms with E-state index in [1.807, 2.05) is 0 Å². The number of nitrogens with zero attached hydrogens (tertiary/aromatic N) is 1. The molecule has 2 aromatic rings. The first-order valence-corrected chi connectivity index (χ1v) is 13.4. The van der Waals surface area contributed by atoms with Gasteiger partial charge in [0.05, 0.1) is 24.7 Å². The molecule has 0 saturated carbocycles. The first-order chi connectivity index (χ1) is 15.7. The first-order valence-electron chi connectivity index (χ1n) is 10.4. The molecule has 2 N–H and O–H groups in total. The minimum atomic E-state index is -3.86.